The van der Waals surface area contributed by atoms with Crippen LogP contribution in [0, 0.1) is 5.92 Å². The number of aliphatic hydroxyl groups is 1. The summed E-state index contributed by atoms with van der Waals surface area (Å²) in [5.74, 6) is 0.468. The Kier molecular flexibility index (Phi) is 4.80. The van der Waals surface area contributed by atoms with Crippen molar-refractivity contribution in [3.8, 4) is 0 Å². The second-order valence-corrected chi connectivity index (χ2v) is 5.24. The van der Waals surface area contributed by atoms with Crippen molar-refractivity contribution in [2.24, 2.45) is 5.92 Å². The summed E-state index contributed by atoms with van der Waals surface area (Å²) in [5.41, 5.74) is 0. The van der Waals surface area contributed by atoms with Crippen molar-refractivity contribution in [1.82, 2.24) is 10.2 Å². The predicted molar refractivity (Wildman–Crippen MR) is 66.6 cm³/mol. The quantitative estimate of drug-likeness (QED) is 0.749. The lowest BCUT2D eigenvalue weighted by atomic mass is 9.95. The van der Waals surface area contributed by atoms with Gasteiger partial charge in [-0.3, -0.25) is 4.79 Å². The van der Waals surface area contributed by atoms with E-state index in [1.165, 1.54) is 6.42 Å². The van der Waals surface area contributed by atoms with E-state index < -0.39 is 0 Å². The van der Waals surface area contributed by atoms with Crippen LogP contribution in [0.5, 0.6) is 0 Å². The summed E-state index contributed by atoms with van der Waals surface area (Å²) in [6, 6.07) is 0.0693. The molecule has 98 valence electrons. The van der Waals surface area contributed by atoms with Gasteiger partial charge in [0, 0.05) is 12.5 Å². The van der Waals surface area contributed by atoms with E-state index in [0.717, 1.165) is 51.7 Å². The first-order valence-corrected chi connectivity index (χ1v) is 6.95. The van der Waals surface area contributed by atoms with Gasteiger partial charge in [0.1, 0.15) is 0 Å². The van der Waals surface area contributed by atoms with Crippen LogP contribution < -0.4 is 5.32 Å². The minimum absolute atomic E-state index is 0.0693. The van der Waals surface area contributed by atoms with E-state index in [9.17, 15) is 9.90 Å². The minimum Gasteiger partial charge on any atom is -0.394 e. The highest BCUT2D eigenvalue weighted by Crippen LogP contribution is 2.22. The van der Waals surface area contributed by atoms with Crippen molar-refractivity contribution in [1.29, 1.82) is 0 Å². The molecule has 4 nitrogen and oxygen atoms in total. The number of rotatable bonds is 2. The number of amides is 1. The van der Waals surface area contributed by atoms with Crippen LogP contribution >= 0.6 is 0 Å². The van der Waals surface area contributed by atoms with Crippen molar-refractivity contribution < 1.29 is 9.90 Å². The maximum Gasteiger partial charge on any atom is 0.226 e. The zero-order valence-electron chi connectivity index (χ0n) is 10.5. The Balaban J connectivity index is 1.98. The topological polar surface area (TPSA) is 52.6 Å². The van der Waals surface area contributed by atoms with Crippen LogP contribution in [-0.2, 0) is 4.79 Å². The van der Waals surface area contributed by atoms with Gasteiger partial charge >= 0.3 is 0 Å². The molecule has 2 aliphatic heterocycles. The van der Waals surface area contributed by atoms with Crippen molar-refractivity contribution in [2.45, 2.75) is 44.6 Å². The number of carbonyl (C=O) groups is 1. The van der Waals surface area contributed by atoms with E-state index >= 15 is 0 Å². The molecule has 2 fully saturated rings. The van der Waals surface area contributed by atoms with Crippen molar-refractivity contribution in [3.05, 3.63) is 0 Å². The van der Waals surface area contributed by atoms with E-state index in [2.05, 4.69) is 5.32 Å². The third-order valence-electron chi connectivity index (χ3n) is 4.06. The third-order valence-corrected chi connectivity index (χ3v) is 4.06. The van der Waals surface area contributed by atoms with Crippen LogP contribution in [0.2, 0.25) is 0 Å². The number of aliphatic hydroxyl groups excluding tert-OH is 1. The summed E-state index contributed by atoms with van der Waals surface area (Å²) in [5, 5.41) is 12.7. The monoisotopic (exact) mass is 240 g/mol. The molecule has 0 aromatic heterocycles. The van der Waals surface area contributed by atoms with Gasteiger partial charge in [-0.2, -0.15) is 0 Å². The molecule has 0 radical (unpaired) electrons. The first-order valence-electron chi connectivity index (χ1n) is 6.95. The highest BCUT2D eigenvalue weighted by atomic mass is 16.3. The lowest BCUT2D eigenvalue weighted by molar-refractivity contribution is -0.139. The lowest BCUT2D eigenvalue weighted by Crippen LogP contribution is -2.47. The molecule has 2 N–H and O–H groups in total. The Bertz CT molecular complexity index is 252. The van der Waals surface area contributed by atoms with E-state index in [1.54, 1.807) is 0 Å². The van der Waals surface area contributed by atoms with Crippen LogP contribution in [0.4, 0.5) is 0 Å². The molecule has 0 aliphatic carbocycles. The molecule has 0 aromatic carbocycles. The molecule has 1 unspecified atom stereocenters. The van der Waals surface area contributed by atoms with E-state index in [-0.39, 0.29) is 24.5 Å². The van der Waals surface area contributed by atoms with Gasteiger partial charge in [0.2, 0.25) is 5.91 Å². The zero-order valence-corrected chi connectivity index (χ0v) is 10.5. The van der Waals surface area contributed by atoms with Gasteiger partial charge in [-0.25, -0.2) is 0 Å². The summed E-state index contributed by atoms with van der Waals surface area (Å²) in [6.07, 6.45) is 6.29. The van der Waals surface area contributed by atoms with Gasteiger partial charge in [-0.1, -0.05) is 12.8 Å². The number of carbonyl (C=O) groups excluding carboxylic acids is 1. The summed E-state index contributed by atoms with van der Waals surface area (Å²) in [4.78, 5) is 14.4. The maximum atomic E-state index is 12.5. The number of piperidine rings is 1. The molecule has 1 amide bonds. The number of hydrogen-bond acceptors (Lipinski definition) is 3. The SMILES string of the molecule is O=C(C1CCNCC1)N1CCCCCC1CO. The second-order valence-electron chi connectivity index (χ2n) is 5.24. The fourth-order valence-corrected chi connectivity index (χ4v) is 2.96. The molecule has 0 saturated carbocycles. The number of hydrogen-bond donors (Lipinski definition) is 2. The molecule has 1 atom stereocenters. The Morgan fingerprint density at radius 2 is 1.94 bits per heavy atom. The Labute approximate surface area is 103 Å². The second kappa shape index (κ2) is 6.36. The normalized spacial score (nSPS) is 27.8. The van der Waals surface area contributed by atoms with Crippen molar-refractivity contribution in [2.75, 3.05) is 26.2 Å². The molecule has 2 rings (SSSR count). The van der Waals surface area contributed by atoms with Gasteiger partial charge in [0.25, 0.3) is 0 Å². The predicted octanol–water partition coefficient (Wildman–Crippen LogP) is 0.749. The Morgan fingerprint density at radius 3 is 2.65 bits per heavy atom. The highest BCUT2D eigenvalue weighted by Gasteiger charge is 2.30. The van der Waals surface area contributed by atoms with Crippen LogP contribution in [-0.4, -0.2) is 48.2 Å². The van der Waals surface area contributed by atoms with Crippen molar-refractivity contribution in [3.63, 3.8) is 0 Å². The summed E-state index contributed by atoms with van der Waals surface area (Å²) >= 11 is 0. The van der Waals surface area contributed by atoms with E-state index in [0.29, 0.717) is 0 Å². The molecule has 4 heteroatoms. The highest BCUT2D eigenvalue weighted by molar-refractivity contribution is 5.79. The number of nitrogens with one attached hydrogen (secondary N) is 1. The first kappa shape index (κ1) is 12.8. The number of nitrogens with zero attached hydrogens (tertiary/aromatic N) is 1. The molecular weight excluding hydrogens is 216 g/mol. The average Bonchev–Trinajstić information content (AvgIpc) is 2.64. The molecular formula is C13H24N2O2. The van der Waals surface area contributed by atoms with E-state index in [4.69, 9.17) is 0 Å². The van der Waals surface area contributed by atoms with Gasteiger partial charge in [0.05, 0.1) is 12.6 Å². The smallest absolute Gasteiger partial charge is 0.226 e. The molecule has 0 bridgehead atoms. The standard InChI is InChI=1S/C13H24N2O2/c16-10-12-4-2-1-3-9-15(12)13(17)11-5-7-14-8-6-11/h11-12,14,16H,1-10H2. The average molecular weight is 240 g/mol. The molecule has 17 heavy (non-hydrogen) atoms. The Morgan fingerprint density at radius 1 is 1.18 bits per heavy atom. The maximum absolute atomic E-state index is 12.5. The third kappa shape index (κ3) is 3.19. The zero-order chi connectivity index (χ0) is 12.1. The van der Waals surface area contributed by atoms with Gasteiger partial charge in [0.15, 0.2) is 0 Å². The lowest BCUT2D eigenvalue weighted by Gasteiger charge is -2.33. The molecule has 2 saturated heterocycles. The van der Waals surface area contributed by atoms with Crippen LogP contribution in [0.15, 0.2) is 0 Å². The summed E-state index contributed by atoms with van der Waals surface area (Å²) in [7, 11) is 0. The van der Waals surface area contributed by atoms with Crippen LogP contribution in [0.3, 0.4) is 0 Å². The summed E-state index contributed by atoms with van der Waals surface area (Å²) < 4.78 is 0. The van der Waals surface area contributed by atoms with E-state index in [1.807, 2.05) is 4.90 Å². The fraction of sp³-hybridized carbons (Fsp3) is 0.923. The molecule has 0 spiro atoms. The first-order chi connectivity index (χ1) is 8.33. The Hall–Kier alpha value is -0.610. The van der Waals surface area contributed by atoms with Gasteiger partial charge in [-0.15, -0.1) is 0 Å². The van der Waals surface area contributed by atoms with Crippen molar-refractivity contribution >= 4 is 5.91 Å². The van der Waals surface area contributed by atoms with Gasteiger partial charge < -0.3 is 15.3 Å². The molecule has 2 aliphatic rings. The van der Waals surface area contributed by atoms with Gasteiger partial charge in [-0.05, 0) is 38.8 Å². The number of likely N-dealkylation sites (tertiary alicyclic amines) is 1. The van der Waals surface area contributed by atoms with Crippen LogP contribution in [0.1, 0.15) is 38.5 Å². The summed E-state index contributed by atoms with van der Waals surface area (Å²) in [6.45, 7) is 2.87. The van der Waals surface area contributed by atoms with Crippen LogP contribution in [0.25, 0.3) is 0 Å². The molecule has 0 aromatic rings. The largest absolute Gasteiger partial charge is 0.394 e. The molecule has 2 heterocycles. The fourth-order valence-electron chi connectivity index (χ4n) is 2.96. The minimum atomic E-state index is 0.0693.